The van der Waals surface area contributed by atoms with Gasteiger partial charge < -0.3 is 64.2 Å². The van der Waals surface area contributed by atoms with E-state index in [0.29, 0.717) is 5.56 Å². The molecule has 1 aliphatic heterocycles. The molecule has 1 fully saturated rings. The van der Waals surface area contributed by atoms with E-state index in [0.717, 1.165) is 18.2 Å². The highest BCUT2D eigenvalue weighted by Gasteiger charge is 2.46. The molecule has 0 spiro atoms. The molecular weight excluding hydrogens is 612 g/mol. The van der Waals surface area contributed by atoms with Crippen LogP contribution >= 0.6 is 0 Å². The third-order valence-corrected chi connectivity index (χ3v) is 7.06. The highest BCUT2D eigenvalue weighted by Crippen LogP contribution is 2.39. The second-order valence-corrected chi connectivity index (χ2v) is 10.2. The van der Waals surface area contributed by atoms with Crippen LogP contribution in [0.15, 0.2) is 63.8 Å². The molecule has 15 heteroatoms. The lowest BCUT2D eigenvalue weighted by molar-refractivity contribution is -0.278. The van der Waals surface area contributed by atoms with Crippen LogP contribution in [-0.4, -0.2) is 91.2 Å². The van der Waals surface area contributed by atoms with Crippen LogP contribution < -0.4 is 14.9 Å². The maximum Gasteiger partial charge on any atom is 0.330 e. The number of methoxy groups -OCH3 is 1. The zero-order valence-electron chi connectivity index (χ0n) is 23.8. The molecule has 0 unspecified atom stereocenters. The summed E-state index contributed by atoms with van der Waals surface area (Å²) in [6.07, 6.45) is -6.71. The average molecular weight is 641 g/mol. The molecule has 0 radical (unpaired) electrons. The number of carbonyl (C=O) groups excluding carboxylic acids is 1. The highest BCUT2D eigenvalue weighted by molar-refractivity contribution is 5.88. The molecule has 1 aliphatic rings. The summed E-state index contributed by atoms with van der Waals surface area (Å²) >= 11 is 0. The SMILES string of the molecule is COc1cc(-c2oc3cc(O)cc(O)c3c(=O)c2O[C@@H]2O[C@H](COC(=O)C=Cc3ccc(O)c(O)c3)[C@@H](O)[C@H](O)[C@H]2O)ccc1O. The Morgan fingerprint density at radius 2 is 1.61 bits per heavy atom. The number of phenolic OH excluding ortho intramolecular Hbond substituents is 5. The van der Waals surface area contributed by atoms with Gasteiger partial charge in [0.2, 0.25) is 17.5 Å². The second kappa shape index (κ2) is 12.9. The number of aliphatic hydroxyl groups excluding tert-OH is 3. The zero-order valence-corrected chi connectivity index (χ0v) is 23.8. The molecule has 1 aromatic heterocycles. The summed E-state index contributed by atoms with van der Waals surface area (Å²) in [7, 11) is 1.28. The van der Waals surface area contributed by atoms with Crippen LogP contribution in [0.4, 0.5) is 0 Å². The fraction of sp³-hybridized carbons (Fsp3) is 0.226. The van der Waals surface area contributed by atoms with E-state index in [9.17, 15) is 50.4 Å². The summed E-state index contributed by atoms with van der Waals surface area (Å²) in [5.74, 6) is -3.98. The number of hydrogen-bond acceptors (Lipinski definition) is 15. The molecule has 15 nitrogen and oxygen atoms in total. The summed E-state index contributed by atoms with van der Waals surface area (Å²) in [6.45, 7) is -0.650. The average Bonchev–Trinajstić information content (AvgIpc) is 3.02. The number of aliphatic hydroxyl groups is 3. The van der Waals surface area contributed by atoms with Crippen molar-refractivity contribution in [1.82, 2.24) is 0 Å². The van der Waals surface area contributed by atoms with Gasteiger partial charge in [-0.2, -0.15) is 0 Å². The second-order valence-electron chi connectivity index (χ2n) is 10.2. The Kier molecular flexibility index (Phi) is 8.93. The Hall–Kier alpha value is -5.48. The van der Waals surface area contributed by atoms with Crippen LogP contribution in [0.1, 0.15) is 5.56 Å². The van der Waals surface area contributed by atoms with E-state index in [-0.39, 0.29) is 34.2 Å². The topological polar surface area (TPSA) is 246 Å². The van der Waals surface area contributed by atoms with Gasteiger partial charge in [-0.25, -0.2) is 4.79 Å². The van der Waals surface area contributed by atoms with Gasteiger partial charge in [0, 0.05) is 23.8 Å². The number of ether oxygens (including phenoxy) is 4. The number of aromatic hydroxyl groups is 5. The van der Waals surface area contributed by atoms with Crippen molar-refractivity contribution in [2.24, 2.45) is 0 Å². The van der Waals surface area contributed by atoms with Crippen LogP contribution in [0.25, 0.3) is 28.4 Å². The van der Waals surface area contributed by atoms with E-state index >= 15 is 0 Å². The van der Waals surface area contributed by atoms with E-state index in [2.05, 4.69) is 0 Å². The number of carbonyl (C=O) groups is 1. The summed E-state index contributed by atoms with van der Waals surface area (Å²) < 4.78 is 27.4. The van der Waals surface area contributed by atoms with Crippen molar-refractivity contribution in [3.63, 3.8) is 0 Å². The minimum atomic E-state index is -1.95. The molecule has 3 aromatic carbocycles. The first kappa shape index (κ1) is 31.9. The summed E-state index contributed by atoms with van der Waals surface area (Å²) in [4.78, 5) is 26.0. The van der Waals surface area contributed by atoms with E-state index < -0.39 is 77.1 Å². The molecule has 0 amide bonds. The van der Waals surface area contributed by atoms with Gasteiger partial charge in [0.05, 0.1) is 7.11 Å². The van der Waals surface area contributed by atoms with Crippen molar-refractivity contribution in [2.45, 2.75) is 30.7 Å². The van der Waals surface area contributed by atoms with Gasteiger partial charge in [0.25, 0.3) is 0 Å². The fourth-order valence-corrected chi connectivity index (χ4v) is 4.67. The monoisotopic (exact) mass is 640 g/mol. The third-order valence-electron chi connectivity index (χ3n) is 7.06. The van der Waals surface area contributed by atoms with Crippen LogP contribution in [0.3, 0.4) is 0 Å². The minimum absolute atomic E-state index is 0.0180. The molecule has 0 aliphatic carbocycles. The molecule has 8 N–H and O–H groups in total. The van der Waals surface area contributed by atoms with Gasteiger partial charge in [-0.05, 0) is 42.0 Å². The molecule has 0 bridgehead atoms. The van der Waals surface area contributed by atoms with Gasteiger partial charge in [0.1, 0.15) is 53.5 Å². The van der Waals surface area contributed by atoms with Crippen LogP contribution in [0.5, 0.6) is 40.2 Å². The summed E-state index contributed by atoms with van der Waals surface area (Å²) in [5, 5.41) is 80.8. The number of phenols is 5. The van der Waals surface area contributed by atoms with Crippen molar-refractivity contribution >= 4 is 23.0 Å². The lowest BCUT2D eigenvalue weighted by atomic mass is 9.99. The normalized spacial score (nSPS) is 21.3. The van der Waals surface area contributed by atoms with Gasteiger partial charge in [0.15, 0.2) is 28.8 Å². The molecule has 46 heavy (non-hydrogen) atoms. The van der Waals surface area contributed by atoms with Crippen molar-refractivity contribution in [3.8, 4) is 51.6 Å². The molecule has 0 saturated carbocycles. The smallest absolute Gasteiger partial charge is 0.330 e. The molecular formula is C31H28O15. The van der Waals surface area contributed by atoms with Crippen LogP contribution in [0.2, 0.25) is 0 Å². The Bertz CT molecular complexity index is 1860. The fourth-order valence-electron chi connectivity index (χ4n) is 4.67. The molecule has 242 valence electrons. The highest BCUT2D eigenvalue weighted by atomic mass is 16.7. The number of esters is 1. The van der Waals surface area contributed by atoms with E-state index in [1.807, 2.05) is 0 Å². The lowest BCUT2D eigenvalue weighted by Crippen LogP contribution is -2.60. The van der Waals surface area contributed by atoms with Crippen LogP contribution in [0, 0.1) is 0 Å². The number of fused-ring (bicyclic) bond motifs is 1. The van der Waals surface area contributed by atoms with E-state index in [1.165, 1.54) is 49.6 Å². The summed E-state index contributed by atoms with van der Waals surface area (Å²) in [6, 6.07) is 9.65. The molecule has 4 aromatic rings. The molecule has 5 rings (SSSR count). The third kappa shape index (κ3) is 6.33. The zero-order chi connectivity index (χ0) is 33.3. The Labute approximate surface area is 258 Å². The number of rotatable bonds is 8. The Morgan fingerprint density at radius 1 is 0.870 bits per heavy atom. The molecule has 2 heterocycles. The van der Waals surface area contributed by atoms with E-state index in [4.69, 9.17) is 23.4 Å². The standard InChI is InChI=1S/C31H28O15/c1-42-20-9-14(4-6-17(20)34)29-30(26(39)24-19(36)10-15(32)11-21(24)44-29)46-31-28(41)27(40)25(38)22(45-31)12-43-23(37)7-3-13-2-5-16(33)18(35)8-13/h2-11,22,25,27-28,31-36,38,40-41H,12H2,1H3/t22-,25-,27+,28-,31+/m1/s1. The molecule has 1 saturated heterocycles. The van der Waals surface area contributed by atoms with Gasteiger partial charge in [-0.3, -0.25) is 4.79 Å². The first-order chi connectivity index (χ1) is 21.9. The number of benzene rings is 3. The van der Waals surface area contributed by atoms with Gasteiger partial charge in [-0.15, -0.1) is 0 Å². The quantitative estimate of drug-likeness (QED) is 0.0771. The van der Waals surface area contributed by atoms with Crippen molar-refractivity contribution < 1.29 is 69.0 Å². The predicted molar refractivity (Wildman–Crippen MR) is 157 cm³/mol. The van der Waals surface area contributed by atoms with Crippen molar-refractivity contribution in [3.05, 3.63) is 70.4 Å². The number of hydrogen-bond donors (Lipinski definition) is 8. The van der Waals surface area contributed by atoms with Crippen LogP contribution in [-0.2, 0) is 14.3 Å². The largest absolute Gasteiger partial charge is 0.508 e. The first-order valence-corrected chi connectivity index (χ1v) is 13.5. The Morgan fingerprint density at radius 3 is 2.33 bits per heavy atom. The van der Waals surface area contributed by atoms with Crippen molar-refractivity contribution in [1.29, 1.82) is 0 Å². The van der Waals surface area contributed by atoms with Crippen molar-refractivity contribution in [2.75, 3.05) is 13.7 Å². The minimum Gasteiger partial charge on any atom is -0.508 e. The Balaban J connectivity index is 1.44. The first-order valence-electron chi connectivity index (χ1n) is 13.5. The lowest BCUT2D eigenvalue weighted by Gasteiger charge is -2.39. The maximum atomic E-state index is 13.7. The van der Waals surface area contributed by atoms with E-state index in [1.54, 1.807) is 0 Å². The van der Waals surface area contributed by atoms with Gasteiger partial charge >= 0.3 is 5.97 Å². The van der Waals surface area contributed by atoms with Gasteiger partial charge in [-0.1, -0.05) is 6.07 Å². The maximum absolute atomic E-state index is 13.7. The summed E-state index contributed by atoms with van der Waals surface area (Å²) in [5.41, 5.74) is -0.772. The predicted octanol–water partition coefficient (Wildman–Crippen LogP) is 1.44. The molecule has 5 atom stereocenters.